The van der Waals surface area contributed by atoms with E-state index in [1.54, 1.807) is 42.5 Å². The fourth-order valence-electron chi connectivity index (χ4n) is 3.66. The fourth-order valence-corrected chi connectivity index (χ4v) is 4.16. The van der Waals surface area contributed by atoms with Crippen molar-refractivity contribution in [3.05, 3.63) is 130 Å². The van der Waals surface area contributed by atoms with Gasteiger partial charge in [-0.05, 0) is 82.4 Å². The van der Waals surface area contributed by atoms with Gasteiger partial charge in [0.05, 0.1) is 28.8 Å². The second kappa shape index (κ2) is 13.4. The van der Waals surface area contributed by atoms with Crippen molar-refractivity contribution in [1.82, 2.24) is 0 Å². The Morgan fingerprint density at radius 3 is 1.92 bits per heavy atom. The van der Waals surface area contributed by atoms with Crippen molar-refractivity contribution >= 4 is 27.9 Å². The molecule has 4 rings (SSSR count). The van der Waals surface area contributed by atoms with Crippen LogP contribution in [-0.2, 0) is 17.6 Å². The summed E-state index contributed by atoms with van der Waals surface area (Å²) in [5.74, 6) is 0.0783. The van der Waals surface area contributed by atoms with Crippen molar-refractivity contribution in [3.63, 3.8) is 0 Å². The number of carbonyl (C=O) groups excluding carboxylic acids is 2. The highest BCUT2D eigenvalue weighted by molar-refractivity contribution is 9.10. The van der Waals surface area contributed by atoms with E-state index in [1.165, 1.54) is 11.1 Å². The largest absolute Gasteiger partial charge is 0.492 e. The van der Waals surface area contributed by atoms with Crippen LogP contribution in [0.1, 0.15) is 38.3 Å². The molecule has 0 saturated heterocycles. The minimum absolute atomic E-state index is 0.338. The molecule has 0 aliphatic heterocycles. The normalized spacial score (nSPS) is 10.5. The van der Waals surface area contributed by atoms with Gasteiger partial charge in [-0.25, -0.2) is 9.59 Å². The van der Waals surface area contributed by atoms with Crippen LogP contribution in [0.4, 0.5) is 0 Å². The summed E-state index contributed by atoms with van der Waals surface area (Å²) in [6, 6.07) is 31.5. The quantitative estimate of drug-likeness (QED) is 0.112. The average molecular weight is 559 g/mol. The molecular formula is C31H27BrO5. The van der Waals surface area contributed by atoms with Crippen molar-refractivity contribution in [2.45, 2.75) is 19.3 Å². The first-order chi connectivity index (χ1) is 18.1. The molecule has 0 fully saturated rings. The van der Waals surface area contributed by atoms with Gasteiger partial charge in [0.1, 0.15) is 11.5 Å². The zero-order chi connectivity index (χ0) is 25.9. The van der Waals surface area contributed by atoms with Crippen LogP contribution in [0.5, 0.6) is 11.5 Å². The Bertz CT molecular complexity index is 1300. The predicted molar refractivity (Wildman–Crippen MR) is 146 cm³/mol. The Labute approximate surface area is 225 Å². The number of esters is 2. The van der Waals surface area contributed by atoms with Crippen LogP contribution >= 0.6 is 15.9 Å². The van der Waals surface area contributed by atoms with E-state index in [-0.39, 0.29) is 0 Å². The van der Waals surface area contributed by atoms with Gasteiger partial charge < -0.3 is 14.2 Å². The van der Waals surface area contributed by atoms with Gasteiger partial charge in [-0.15, -0.1) is 0 Å². The molecule has 0 aliphatic carbocycles. The minimum atomic E-state index is -0.507. The monoisotopic (exact) mass is 558 g/mol. The SMILES string of the molecule is O=C(OCCCc1ccccc1)c1ccc(OC(=O)c2ccc(OCCc3ccccc3)c(Br)c2)cc1. The van der Waals surface area contributed by atoms with Gasteiger partial charge in [0.2, 0.25) is 0 Å². The lowest BCUT2D eigenvalue weighted by atomic mass is 10.1. The zero-order valence-corrected chi connectivity index (χ0v) is 21.9. The summed E-state index contributed by atoms with van der Waals surface area (Å²) < 4.78 is 17.3. The lowest BCUT2D eigenvalue weighted by Gasteiger charge is -2.10. The summed E-state index contributed by atoms with van der Waals surface area (Å²) in [5.41, 5.74) is 3.19. The van der Waals surface area contributed by atoms with Crippen LogP contribution in [0.2, 0.25) is 0 Å². The fraction of sp³-hybridized carbons (Fsp3) is 0.161. The molecule has 0 radical (unpaired) electrons. The predicted octanol–water partition coefficient (Wildman–Crippen LogP) is 7.08. The second-order valence-corrected chi connectivity index (χ2v) is 9.22. The Kier molecular flexibility index (Phi) is 9.49. The summed E-state index contributed by atoms with van der Waals surface area (Å²) in [6.07, 6.45) is 2.38. The molecule has 0 atom stereocenters. The van der Waals surface area contributed by atoms with Crippen LogP contribution in [0.15, 0.2) is 108 Å². The Balaban J connectivity index is 1.23. The highest BCUT2D eigenvalue weighted by atomic mass is 79.9. The molecule has 6 heteroatoms. The zero-order valence-electron chi connectivity index (χ0n) is 20.3. The van der Waals surface area contributed by atoms with Gasteiger partial charge in [0, 0.05) is 6.42 Å². The number of halogens is 1. The van der Waals surface area contributed by atoms with Gasteiger partial charge in [0.25, 0.3) is 0 Å². The lowest BCUT2D eigenvalue weighted by Crippen LogP contribution is -2.10. The van der Waals surface area contributed by atoms with E-state index >= 15 is 0 Å². The maximum Gasteiger partial charge on any atom is 0.343 e. The third-order valence-electron chi connectivity index (χ3n) is 5.65. The van der Waals surface area contributed by atoms with E-state index in [0.29, 0.717) is 40.3 Å². The number of aryl methyl sites for hydroxylation is 1. The summed E-state index contributed by atoms with van der Waals surface area (Å²) in [6.45, 7) is 0.861. The molecule has 0 spiro atoms. The molecular weight excluding hydrogens is 532 g/mol. The standard InChI is InChI=1S/C31H27BrO5/c32-28-22-26(15-18-29(28)35-21-19-24-10-5-2-6-11-24)31(34)37-27-16-13-25(14-17-27)30(33)36-20-7-12-23-8-3-1-4-9-23/h1-6,8-11,13-18,22H,7,12,19-21H2. The van der Waals surface area contributed by atoms with E-state index in [9.17, 15) is 9.59 Å². The van der Waals surface area contributed by atoms with Crippen molar-refractivity contribution in [2.24, 2.45) is 0 Å². The number of carbonyl (C=O) groups is 2. The van der Waals surface area contributed by atoms with Gasteiger partial charge in [-0.1, -0.05) is 60.7 Å². The number of benzene rings is 4. The van der Waals surface area contributed by atoms with Crippen LogP contribution in [-0.4, -0.2) is 25.2 Å². The molecule has 0 aromatic heterocycles. The third kappa shape index (κ3) is 8.05. The highest BCUT2D eigenvalue weighted by Gasteiger charge is 2.13. The van der Waals surface area contributed by atoms with Gasteiger partial charge in [-0.3, -0.25) is 0 Å². The van der Waals surface area contributed by atoms with Crippen molar-refractivity contribution < 1.29 is 23.8 Å². The van der Waals surface area contributed by atoms with Gasteiger partial charge in [-0.2, -0.15) is 0 Å². The maximum absolute atomic E-state index is 12.6. The number of rotatable bonds is 11. The summed E-state index contributed by atoms with van der Waals surface area (Å²) in [4.78, 5) is 24.9. The van der Waals surface area contributed by atoms with Crippen LogP contribution < -0.4 is 9.47 Å². The second-order valence-electron chi connectivity index (χ2n) is 8.37. The van der Waals surface area contributed by atoms with E-state index in [2.05, 4.69) is 40.2 Å². The Morgan fingerprint density at radius 2 is 1.27 bits per heavy atom. The molecule has 4 aromatic rings. The molecule has 4 aromatic carbocycles. The topological polar surface area (TPSA) is 61.8 Å². The lowest BCUT2D eigenvalue weighted by molar-refractivity contribution is 0.0500. The van der Waals surface area contributed by atoms with Crippen molar-refractivity contribution in [3.8, 4) is 11.5 Å². The molecule has 0 aliphatic rings. The van der Waals surface area contributed by atoms with E-state index in [0.717, 1.165) is 19.3 Å². The van der Waals surface area contributed by atoms with E-state index in [1.807, 2.05) is 36.4 Å². The molecule has 5 nitrogen and oxygen atoms in total. The maximum atomic E-state index is 12.6. The first kappa shape index (κ1) is 26.2. The molecule has 0 N–H and O–H groups in total. The Morgan fingerprint density at radius 1 is 0.649 bits per heavy atom. The number of hydrogen-bond donors (Lipinski definition) is 0. The summed E-state index contributed by atoms with van der Waals surface area (Å²) in [7, 11) is 0. The molecule has 37 heavy (non-hydrogen) atoms. The average Bonchev–Trinajstić information content (AvgIpc) is 2.93. The molecule has 0 unspecified atom stereocenters. The number of ether oxygens (including phenoxy) is 3. The summed E-state index contributed by atoms with van der Waals surface area (Å²) >= 11 is 3.47. The first-order valence-corrected chi connectivity index (χ1v) is 12.9. The Hall–Kier alpha value is -3.90. The summed E-state index contributed by atoms with van der Waals surface area (Å²) in [5, 5.41) is 0. The van der Waals surface area contributed by atoms with Crippen molar-refractivity contribution in [1.29, 1.82) is 0 Å². The molecule has 0 bridgehead atoms. The van der Waals surface area contributed by atoms with Gasteiger partial charge in [0.15, 0.2) is 0 Å². The van der Waals surface area contributed by atoms with Crippen LogP contribution in [0.3, 0.4) is 0 Å². The number of hydrogen-bond acceptors (Lipinski definition) is 5. The van der Waals surface area contributed by atoms with Gasteiger partial charge >= 0.3 is 11.9 Å². The molecule has 0 saturated carbocycles. The van der Waals surface area contributed by atoms with Crippen molar-refractivity contribution in [2.75, 3.05) is 13.2 Å². The molecule has 188 valence electrons. The highest BCUT2D eigenvalue weighted by Crippen LogP contribution is 2.27. The first-order valence-electron chi connectivity index (χ1n) is 12.1. The third-order valence-corrected chi connectivity index (χ3v) is 6.26. The molecule has 0 amide bonds. The smallest absolute Gasteiger partial charge is 0.343 e. The minimum Gasteiger partial charge on any atom is -0.492 e. The van der Waals surface area contributed by atoms with Crippen LogP contribution in [0.25, 0.3) is 0 Å². The van der Waals surface area contributed by atoms with Crippen LogP contribution in [0, 0.1) is 0 Å². The molecule has 0 heterocycles. The van der Waals surface area contributed by atoms with E-state index < -0.39 is 11.9 Å². The van der Waals surface area contributed by atoms with E-state index in [4.69, 9.17) is 14.2 Å².